The summed E-state index contributed by atoms with van der Waals surface area (Å²) in [5.74, 6) is -2.24. The maximum absolute atomic E-state index is 14.6. The smallest absolute Gasteiger partial charge is 0.331 e. The molecule has 1 aliphatic rings. The van der Waals surface area contributed by atoms with Crippen molar-refractivity contribution in [1.82, 2.24) is 14.5 Å². The molecule has 0 aliphatic heterocycles. The van der Waals surface area contributed by atoms with Crippen molar-refractivity contribution in [1.29, 1.82) is 0 Å². The van der Waals surface area contributed by atoms with Gasteiger partial charge in [-0.25, -0.2) is 13.8 Å². The number of rotatable bonds is 7. The molecule has 1 heterocycles. The number of imidazole rings is 1. The maximum Gasteiger partial charge on any atom is 0.417 e. The fourth-order valence-corrected chi connectivity index (χ4v) is 4.71. The minimum Gasteiger partial charge on any atom is -0.331 e. The summed E-state index contributed by atoms with van der Waals surface area (Å²) < 4.78 is 71.2. The van der Waals surface area contributed by atoms with Crippen LogP contribution in [0.25, 0.3) is 11.0 Å². The first-order chi connectivity index (χ1) is 16.2. The number of hydrogen-bond donors (Lipinski definition) is 0. The second-order valence-corrected chi connectivity index (χ2v) is 8.71. The molecule has 4 rings (SSSR count). The van der Waals surface area contributed by atoms with Gasteiger partial charge in [0.2, 0.25) is 0 Å². The maximum atomic E-state index is 14.6. The second kappa shape index (κ2) is 9.72. The van der Waals surface area contributed by atoms with Gasteiger partial charge in [0, 0.05) is 18.7 Å². The first-order valence-corrected chi connectivity index (χ1v) is 11.5. The van der Waals surface area contributed by atoms with Crippen LogP contribution in [-0.2, 0) is 12.7 Å². The summed E-state index contributed by atoms with van der Waals surface area (Å²) in [4.78, 5) is 19.1. The minimum atomic E-state index is -4.88. The summed E-state index contributed by atoms with van der Waals surface area (Å²) in [6.07, 6.45) is 0.172. The van der Waals surface area contributed by atoms with E-state index >= 15 is 0 Å². The Bertz CT molecular complexity index is 1180. The van der Waals surface area contributed by atoms with Crippen molar-refractivity contribution in [3.8, 4) is 0 Å². The lowest BCUT2D eigenvalue weighted by Crippen LogP contribution is -2.35. The van der Waals surface area contributed by atoms with Crippen molar-refractivity contribution in [2.45, 2.75) is 64.2 Å². The Balaban J connectivity index is 1.77. The topological polar surface area (TPSA) is 38.1 Å². The fraction of sp³-hybridized carbons (Fsp3) is 0.440. The molecule has 3 aromatic rings. The zero-order valence-corrected chi connectivity index (χ0v) is 18.8. The molecule has 0 saturated heterocycles. The lowest BCUT2D eigenvalue weighted by Gasteiger charge is -2.26. The number of amides is 1. The van der Waals surface area contributed by atoms with Crippen LogP contribution in [-0.4, -0.2) is 26.9 Å². The molecule has 0 atom stereocenters. The Hall–Kier alpha value is -2.97. The van der Waals surface area contributed by atoms with Crippen molar-refractivity contribution < 1.29 is 26.7 Å². The third-order valence-electron chi connectivity index (χ3n) is 6.35. The molecule has 1 aromatic heterocycles. The Morgan fingerprint density at radius 1 is 1.15 bits per heavy atom. The van der Waals surface area contributed by atoms with Crippen LogP contribution in [0.2, 0.25) is 0 Å². The van der Waals surface area contributed by atoms with Crippen LogP contribution in [0.1, 0.15) is 73.2 Å². The molecule has 4 nitrogen and oxygen atoms in total. The molecule has 1 amide bonds. The molecule has 0 N–H and O–H groups in total. The third kappa shape index (κ3) is 4.79. The average Bonchev–Trinajstić information content (AvgIpc) is 3.42. The SMILES string of the molecule is CCCCN(Cc1nc2cc(F)ccc2n1C1CCCC1)C(=O)c1c(F)cccc1C(F)(F)F. The van der Waals surface area contributed by atoms with Crippen LogP contribution in [0.4, 0.5) is 22.0 Å². The number of carbonyl (C=O) groups excluding carboxylic acids is 1. The van der Waals surface area contributed by atoms with Crippen LogP contribution < -0.4 is 0 Å². The van der Waals surface area contributed by atoms with Gasteiger partial charge in [-0.1, -0.05) is 32.3 Å². The van der Waals surface area contributed by atoms with Gasteiger partial charge in [0.25, 0.3) is 5.91 Å². The Labute approximate surface area is 194 Å². The predicted molar refractivity (Wildman–Crippen MR) is 118 cm³/mol. The number of aromatic nitrogens is 2. The number of halogens is 5. The van der Waals surface area contributed by atoms with Gasteiger partial charge in [-0.2, -0.15) is 13.2 Å². The van der Waals surface area contributed by atoms with Crippen LogP contribution in [0.3, 0.4) is 0 Å². The highest BCUT2D eigenvalue weighted by Crippen LogP contribution is 2.36. The van der Waals surface area contributed by atoms with Gasteiger partial charge in [-0.05, 0) is 43.5 Å². The molecule has 1 aliphatic carbocycles. The molecule has 0 radical (unpaired) electrons. The number of fused-ring (bicyclic) bond motifs is 1. The van der Waals surface area contributed by atoms with E-state index in [0.29, 0.717) is 35.8 Å². The zero-order valence-electron chi connectivity index (χ0n) is 18.8. The first kappa shape index (κ1) is 24.2. The van der Waals surface area contributed by atoms with Gasteiger partial charge in [-0.3, -0.25) is 4.79 Å². The van der Waals surface area contributed by atoms with E-state index in [2.05, 4.69) is 4.98 Å². The summed E-state index contributed by atoms with van der Waals surface area (Å²) in [5, 5.41) is 0. The monoisotopic (exact) mass is 479 g/mol. The normalized spacial score (nSPS) is 14.8. The van der Waals surface area contributed by atoms with Gasteiger partial charge >= 0.3 is 6.18 Å². The molecular weight excluding hydrogens is 453 g/mol. The molecule has 182 valence electrons. The standard InChI is InChI=1S/C25H26F5N3O/c1-2-3-13-32(24(34)23-18(25(28,29)30)9-6-10-19(23)27)15-22-31-20-14-16(26)11-12-21(20)33(22)17-7-4-5-8-17/h6,9-12,14,17H,2-5,7-8,13,15H2,1H3. The number of carbonyl (C=O) groups is 1. The number of alkyl halides is 3. The molecular formula is C25H26F5N3O. The summed E-state index contributed by atoms with van der Waals surface area (Å²) in [6.45, 7) is 1.93. The van der Waals surface area contributed by atoms with Gasteiger partial charge in [0.05, 0.1) is 28.7 Å². The largest absolute Gasteiger partial charge is 0.417 e. The quantitative estimate of drug-likeness (QED) is 0.346. The highest BCUT2D eigenvalue weighted by molar-refractivity contribution is 5.96. The number of hydrogen-bond acceptors (Lipinski definition) is 2. The van der Waals surface area contributed by atoms with E-state index < -0.39 is 34.8 Å². The summed E-state index contributed by atoms with van der Waals surface area (Å²) in [6, 6.07) is 6.90. The predicted octanol–water partition coefficient (Wildman–Crippen LogP) is 6.89. The Kier molecular flexibility index (Phi) is 6.91. The molecule has 34 heavy (non-hydrogen) atoms. The van der Waals surface area contributed by atoms with E-state index in [9.17, 15) is 26.7 Å². The zero-order chi connectivity index (χ0) is 24.5. The molecule has 0 bridgehead atoms. The number of unbranched alkanes of at least 4 members (excludes halogenated alkanes) is 1. The molecule has 0 unspecified atom stereocenters. The lowest BCUT2D eigenvalue weighted by atomic mass is 10.0. The number of nitrogens with zero attached hydrogens (tertiary/aromatic N) is 3. The van der Waals surface area contributed by atoms with Crippen LogP contribution in [0.15, 0.2) is 36.4 Å². The minimum absolute atomic E-state index is 0.0999. The highest BCUT2D eigenvalue weighted by Gasteiger charge is 2.38. The molecule has 1 saturated carbocycles. The van der Waals surface area contributed by atoms with E-state index in [0.717, 1.165) is 37.8 Å². The van der Waals surface area contributed by atoms with Crippen molar-refractivity contribution in [2.24, 2.45) is 0 Å². The van der Waals surface area contributed by atoms with Crippen LogP contribution >= 0.6 is 0 Å². The first-order valence-electron chi connectivity index (χ1n) is 11.5. The van der Waals surface area contributed by atoms with E-state index in [1.165, 1.54) is 17.0 Å². The van der Waals surface area contributed by atoms with Crippen LogP contribution in [0.5, 0.6) is 0 Å². The molecule has 9 heteroatoms. The Morgan fingerprint density at radius 2 is 1.88 bits per heavy atom. The van der Waals surface area contributed by atoms with E-state index in [4.69, 9.17) is 0 Å². The van der Waals surface area contributed by atoms with Gasteiger partial charge in [-0.15, -0.1) is 0 Å². The highest BCUT2D eigenvalue weighted by atomic mass is 19.4. The van der Waals surface area contributed by atoms with E-state index in [1.807, 2.05) is 11.5 Å². The molecule has 1 fully saturated rings. The summed E-state index contributed by atoms with van der Waals surface area (Å²) in [5.41, 5.74) is -1.15. The van der Waals surface area contributed by atoms with Crippen LogP contribution in [0, 0.1) is 11.6 Å². The van der Waals surface area contributed by atoms with E-state index in [-0.39, 0.29) is 19.1 Å². The van der Waals surface area contributed by atoms with Crippen molar-refractivity contribution in [2.75, 3.05) is 6.54 Å². The lowest BCUT2D eigenvalue weighted by molar-refractivity contribution is -0.138. The van der Waals surface area contributed by atoms with Gasteiger partial charge < -0.3 is 9.47 Å². The van der Waals surface area contributed by atoms with E-state index in [1.54, 1.807) is 6.07 Å². The summed E-state index contributed by atoms with van der Waals surface area (Å²) in [7, 11) is 0. The van der Waals surface area contributed by atoms with Crippen molar-refractivity contribution in [3.63, 3.8) is 0 Å². The average molecular weight is 479 g/mol. The van der Waals surface area contributed by atoms with Gasteiger partial charge in [0.15, 0.2) is 0 Å². The van der Waals surface area contributed by atoms with Crippen molar-refractivity contribution >= 4 is 16.9 Å². The summed E-state index contributed by atoms with van der Waals surface area (Å²) >= 11 is 0. The van der Waals surface area contributed by atoms with Crippen molar-refractivity contribution in [3.05, 3.63) is 65.0 Å². The number of benzene rings is 2. The molecule has 2 aromatic carbocycles. The van der Waals surface area contributed by atoms with Gasteiger partial charge in [0.1, 0.15) is 17.5 Å². The second-order valence-electron chi connectivity index (χ2n) is 8.71. The Morgan fingerprint density at radius 3 is 2.56 bits per heavy atom. The third-order valence-corrected chi connectivity index (χ3v) is 6.35. The fourth-order valence-electron chi connectivity index (χ4n) is 4.71. The molecule has 0 spiro atoms.